The highest BCUT2D eigenvalue weighted by molar-refractivity contribution is 7.99. The molecule has 0 bridgehead atoms. The zero-order chi connectivity index (χ0) is 19.8. The van der Waals surface area contributed by atoms with Crippen molar-refractivity contribution in [3.63, 3.8) is 0 Å². The van der Waals surface area contributed by atoms with Crippen LogP contribution >= 0.6 is 23.1 Å². The van der Waals surface area contributed by atoms with Crippen molar-refractivity contribution in [3.8, 4) is 6.07 Å². The van der Waals surface area contributed by atoms with E-state index in [0.717, 1.165) is 35.8 Å². The highest BCUT2D eigenvalue weighted by Crippen LogP contribution is 2.41. The first-order valence-electron chi connectivity index (χ1n) is 9.90. The van der Waals surface area contributed by atoms with Gasteiger partial charge in [-0.1, -0.05) is 18.7 Å². The van der Waals surface area contributed by atoms with E-state index in [0.29, 0.717) is 22.4 Å². The molecule has 0 spiro atoms. The van der Waals surface area contributed by atoms with Crippen LogP contribution in [-0.2, 0) is 17.6 Å². The van der Waals surface area contributed by atoms with Gasteiger partial charge in [0.1, 0.15) is 16.9 Å². The molecule has 4 rings (SSSR count). The number of thioether (sulfide) groups is 1. The molecule has 1 fully saturated rings. The van der Waals surface area contributed by atoms with Crippen LogP contribution in [0.25, 0.3) is 0 Å². The van der Waals surface area contributed by atoms with E-state index in [9.17, 15) is 10.1 Å². The summed E-state index contributed by atoms with van der Waals surface area (Å²) >= 11 is 2.98. The summed E-state index contributed by atoms with van der Waals surface area (Å²) in [6.07, 6.45) is 5.39. The molecule has 1 amide bonds. The Labute approximate surface area is 173 Å². The molecule has 1 N–H and O–H groups in total. The molecule has 1 atom stereocenters. The Morgan fingerprint density at radius 3 is 2.86 bits per heavy atom. The number of hydrogen-bond acceptors (Lipinski definition) is 6. The Kier molecular flexibility index (Phi) is 5.48. The molecule has 2 aromatic heterocycles. The monoisotopic (exact) mass is 415 g/mol. The predicted molar refractivity (Wildman–Crippen MR) is 112 cm³/mol. The summed E-state index contributed by atoms with van der Waals surface area (Å²) in [6.45, 7) is 6.48. The van der Waals surface area contributed by atoms with Gasteiger partial charge in [0.2, 0.25) is 5.91 Å². The first-order chi connectivity index (χ1) is 13.5. The molecule has 2 heterocycles. The smallest absolute Gasteiger partial charge is 0.235 e. The van der Waals surface area contributed by atoms with Gasteiger partial charge in [0.15, 0.2) is 5.16 Å². The van der Waals surface area contributed by atoms with Gasteiger partial charge in [0.25, 0.3) is 0 Å². The number of nitriles is 1. The number of carbonyl (C=O) groups is 1. The predicted octanol–water partition coefficient (Wildman–Crippen LogP) is 4.53. The minimum Gasteiger partial charge on any atom is -0.316 e. The van der Waals surface area contributed by atoms with Crippen LogP contribution < -0.4 is 5.32 Å². The number of nitrogens with one attached hydrogen (secondary N) is 1. The molecule has 1 unspecified atom stereocenters. The molecule has 0 radical (unpaired) electrons. The summed E-state index contributed by atoms with van der Waals surface area (Å²) in [6, 6.07) is 2.58. The molecule has 8 heteroatoms. The van der Waals surface area contributed by atoms with Crippen molar-refractivity contribution in [2.45, 2.75) is 70.0 Å². The molecule has 1 saturated carbocycles. The van der Waals surface area contributed by atoms with Gasteiger partial charge >= 0.3 is 0 Å². The summed E-state index contributed by atoms with van der Waals surface area (Å²) < 4.78 is 2.15. The van der Waals surface area contributed by atoms with E-state index in [4.69, 9.17) is 0 Å². The van der Waals surface area contributed by atoms with Gasteiger partial charge in [-0.25, -0.2) is 0 Å². The zero-order valence-electron chi connectivity index (χ0n) is 16.5. The molecule has 148 valence electrons. The molecule has 0 aromatic carbocycles. The van der Waals surface area contributed by atoms with Crippen LogP contribution in [0.3, 0.4) is 0 Å². The standard InChI is InChI=1S/C20H25N5OS2/c1-11(2)25-18(13-5-6-13)23-24-20(25)27-10-17(26)22-19-15(9-21)14-7-4-12(3)8-16(14)28-19/h11-13H,4-8,10H2,1-3H3,(H,22,26). The van der Waals surface area contributed by atoms with E-state index in [2.05, 4.69) is 46.9 Å². The topological polar surface area (TPSA) is 83.6 Å². The van der Waals surface area contributed by atoms with Gasteiger partial charge in [-0.2, -0.15) is 5.26 Å². The minimum atomic E-state index is -0.0978. The molecule has 6 nitrogen and oxygen atoms in total. The Morgan fingerprint density at radius 2 is 2.18 bits per heavy atom. The third-order valence-electron chi connectivity index (χ3n) is 5.36. The summed E-state index contributed by atoms with van der Waals surface area (Å²) in [7, 11) is 0. The fourth-order valence-electron chi connectivity index (χ4n) is 3.74. The lowest BCUT2D eigenvalue weighted by atomic mass is 9.89. The van der Waals surface area contributed by atoms with Gasteiger partial charge in [-0.3, -0.25) is 4.79 Å². The van der Waals surface area contributed by atoms with Crippen molar-refractivity contribution in [3.05, 3.63) is 21.8 Å². The van der Waals surface area contributed by atoms with Crippen molar-refractivity contribution >= 4 is 34.0 Å². The lowest BCUT2D eigenvalue weighted by Crippen LogP contribution is -2.15. The Balaban J connectivity index is 1.44. The molecule has 2 aromatic rings. The fraction of sp³-hybridized carbons (Fsp3) is 0.600. The minimum absolute atomic E-state index is 0.0978. The molecule has 0 saturated heterocycles. The van der Waals surface area contributed by atoms with Crippen LogP contribution in [0.5, 0.6) is 0 Å². The molecular weight excluding hydrogens is 390 g/mol. The van der Waals surface area contributed by atoms with Crippen molar-refractivity contribution in [2.24, 2.45) is 5.92 Å². The van der Waals surface area contributed by atoms with Crippen LogP contribution in [0.15, 0.2) is 5.16 Å². The normalized spacial score (nSPS) is 18.8. The maximum Gasteiger partial charge on any atom is 0.235 e. The van der Waals surface area contributed by atoms with E-state index in [1.54, 1.807) is 11.3 Å². The number of rotatable bonds is 6. The molecule has 0 aliphatic heterocycles. The Hall–Kier alpha value is -1.85. The maximum atomic E-state index is 12.6. The number of aromatic nitrogens is 3. The SMILES string of the molecule is CC1CCc2c(sc(NC(=O)CSc3nnc(C4CC4)n3C(C)C)c2C#N)C1. The lowest BCUT2D eigenvalue weighted by molar-refractivity contribution is -0.113. The van der Waals surface area contributed by atoms with E-state index in [-0.39, 0.29) is 17.7 Å². The summed E-state index contributed by atoms with van der Waals surface area (Å²) in [5.74, 6) is 2.37. The van der Waals surface area contributed by atoms with Crippen molar-refractivity contribution in [2.75, 3.05) is 11.1 Å². The average Bonchev–Trinajstić information content (AvgIpc) is 3.31. The average molecular weight is 416 g/mol. The van der Waals surface area contributed by atoms with Crippen LogP contribution in [0, 0.1) is 17.2 Å². The molecule has 2 aliphatic carbocycles. The molecular formula is C20H25N5OS2. The second-order valence-electron chi connectivity index (χ2n) is 8.08. The van der Waals surface area contributed by atoms with Gasteiger partial charge in [-0.05, 0) is 57.4 Å². The Morgan fingerprint density at radius 1 is 1.39 bits per heavy atom. The van der Waals surface area contributed by atoms with Gasteiger partial charge < -0.3 is 9.88 Å². The van der Waals surface area contributed by atoms with E-state index >= 15 is 0 Å². The lowest BCUT2D eigenvalue weighted by Gasteiger charge is -2.17. The van der Waals surface area contributed by atoms with Crippen LogP contribution in [0.1, 0.15) is 73.8 Å². The maximum absolute atomic E-state index is 12.6. The fourth-order valence-corrected chi connectivity index (χ4v) is 5.99. The van der Waals surface area contributed by atoms with Crippen molar-refractivity contribution in [1.82, 2.24) is 14.8 Å². The Bertz CT molecular complexity index is 935. The van der Waals surface area contributed by atoms with Gasteiger partial charge in [-0.15, -0.1) is 21.5 Å². The van der Waals surface area contributed by atoms with E-state index in [1.165, 1.54) is 29.5 Å². The van der Waals surface area contributed by atoms with Crippen LogP contribution in [0.4, 0.5) is 5.00 Å². The van der Waals surface area contributed by atoms with E-state index in [1.807, 2.05) is 0 Å². The number of nitrogens with zero attached hydrogens (tertiary/aromatic N) is 4. The van der Waals surface area contributed by atoms with Gasteiger partial charge in [0.05, 0.1) is 11.3 Å². The highest BCUT2D eigenvalue weighted by Gasteiger charge is 2.31. The first-order valence-corrected chi connectivity index (χ1v) is 11.7. The van der Waals surface area contributed by atoms with Crippen LogP contribution in [0.2, 0.25) is 0 Å². The van der Waals surface area contributed by atoms with Crippen LogP contribution in [-0.4, -0.2) is 26.4 Å². The molecule has 28 heavy (non-hydrogen) atoms. The summed E-state index contributed by atoms with van der Waals surface area (Å²) in [5, 5.41) is 22.7. The quantitative estimate of drug-likeness (QED) is 0.701. The second kappa shape index (κ2) is 7.88. The number of fused-ring (bicyclic) bond motifs is 1. The number of hydrogen-bond donors (Lipinski definition) is 1. The molecule has 2 aliphatic rings. The largest absolute Gasteiger partial charge is 0.316 e. The summed E-state index contributed by atoms with van der Waals surface area (Å²) in [4.78, 5) is 13.8. The third kappa shape index (κ3) is 3.83. The first kappa shape index (κ1) is 19.5. The number of anilines is 1. The zero-order valence-corrected chi connectivity index (χ0v) is 18.1. The third-order valence-corrected chi connectivity index (χ3v) is 7.47. The highest BCUT2D eigenvalue weighted by atomic mass is 32.2. The number of thiophene rings is 1. The van der Waals surface area contributed by atoms with Crippen molar-refractivity contribution < 1.29 is 4.79 Å². The van der Waals surface area contributed by atoms with E-state index < -0.39 is 0 Å². The number of carbonyl (C=O) groups excluding carboxylic acids is 1. The van der Waals surface area contributed by atoms with Crippen molar-refractivity contribution in [1.29, 1.82) is 5.26 Å². The number of amides is 1. The summed E-state index contributed by atoms with van der Waals surface area (Å²) in [5.41, 5.74) is 1.80. The second-order valence-corrected chi connectivity index (χ2v) is 10.1. The van der Waals surface area contributed by atoms with Gasteiger partial charge in [0, 0.05) is 16.8 Å².